The summed E-state index contributed by atoms with van der Waals surface area (Å²) in [6, 6.07) is 9.41. The molecule has 2 heterocycles. The maximum atomic E-state index is 12.1. The zero-order valence-electron chi connectivity index (χ0n) is 13.2. The number of hydrogen-bond acceptors (Lipinski definition) is 5. The Balaban J connectivity index is 2.00. The molecule has 1 atom stereocenters. The van der Waals surface area contributed by atoms with Crippen molar-refractivity contribution >= 4 is 34.8 Å². The van der Waals surface area contributed by atoms with Gasteiger partial charge in [-0.3, -0.25) is 9.69 Å². The minimum atomic E-state index is -0.666. The lowest BCUT2D eigenvalue weighted by molar-refractivity contribution is -0.128. The summed E-state index contributed by atoms with van der Waals surface area (Å²) in [5, 5.41) is 11.5. The van der Waals surface area contributed by atoms with Gasteiger partial charge in [-0.25, -0.2) is 4.99 Å². The summed E-state index contributed by atoms with van der Waals surface area (Å²) in [6.45, 7) is 1.91. The number of hydrogen-bond donors (Lipinski definition) is 1. The summed E-state index contributed by atoms with van der Waals surface area (Å²) in [4.78, 5) is 18.9. The lowest BCUT2D eigenvalue weighted by Crippen LogP contribution is -2.47. The third kappa shape index (κ3) is 2.77. The third-order valence-electron chi connectivity index (χ3n) is 4.12. The van der Waals surface area contributed by atoms with Crippen molar-refractivity contribution in [3.63, 3.8) is 0 Å². The lowest BCUT2D eigenvalue weighted by atomic mass is 9.93. The van der Waals surface area contributed by atoms with Crippen molar-refractivity contribution in [2.75, 3.05) is 7.05 Å². The Morgan fingerprint density at radius 3 is 2.83 bits per heavy atom. The number of nitrogens with two attached hydrogens (primary N) is 1. The molecule has 3 rings (SSSR count). The van der Waals surface area contributed by atoms with Crippen LogP contribution in [-0.4, -0.2) is 23.8 Å². The molecule has 0 bridgehead atoms. The van der Waals surface area contributed by atoms with E-state index in [1.165, 1.54) is 16.2 Å². The van der Waals surface area contributed by atoms with E-state index in [4.69, 9.17) is 22.6 Å². The van der Waals surface area contributed by atoms with E-state index < -0.39 is 5.54 Å². The van der Waals surface area contributed by atoms with Gasteiger partial charge in [-0.2, -0.15) is 5.26 Å². The Hall–Kier alpha value is -2.36. The highest BCUT2D eigenvalue weighted by atomic mass is 35.5. The van der Waals surface area contributed by atoms with Crippen LogP contribution in [0.4, 0.5) is 0 Å². The fourth-order valence-corrected chi connectivity index (χ4v) is 3.80. The highest BCUT2D eigenvalue weighted by molar-refractivity contribution is 7.10. The molecule has 1 aromatic carbocycles. The average Bonchev–Trinajstić information content (AvgIpc) is 3.04. The van der Waals surface area contributed by atoms with Crippen molar-refractivity contribution < 1.29 is 4.79 Å². The van der Waals surface area contributed by atoms with Gasteiger partial charge in [0.05, 0.1) is 17.0 Å². The first-order valence-electron chi connectivity index (χ1n) is 7.25. The first kappa shape index (κ1) is 16.5. The molecule has 0 radical (unpaired) electrons. The monoisotopic (exact) mass is 358 g/mol. The molecule has 1 aromatic heterocycles. The number of nitriles is 1. The van der Waals surface area contributed by atoms with Crippen LogP contribution in [-0.2, 0) is 10.3 Å². The first-order valence-corrected chi connectivity index (χ1v) is 8.51. The van der Waals surface area contributed by atoms with Crippen molar-refractivity contribution in [1.29, 1.82) is 5.26 Å². The zero-order chi connectivity index (χ0) is 17.5. The number of nitrogens with zero attached hydrogens (tertiary/aromatic N) is 3. The molecule has 2 N–H and O–H groups in total. The van der Waals surface area contributed by atoms with E-state index in [1.54, 1.807) is 19.2 Å². The normalized spacial score (nSPS) is 20.7. The number of aliphatic imine (C=N–C) groups is 1. The predicted molar refractivity (Wildman–Crippen MR) is 95.8 cm³/mol. The maximum absolute atomic E-state index is 12.1. The Labute approximate surface area is 149 Å². The van der Waals surface area contributed by atoms with E-state index in [0.29, 0.717) is 10.6 Å². The molecule has 0 fully saturated rings. The Morgan fingerprint density at radius 2 is 2.17 bits per heavy atom. The van der Waals surface area contributed by atoms with Crippen LogP contribution in [0, 0.1) is 11.3 Å². The summed E-state index contributed by atoms with van der Waals surface area (Å²) in [5.74, 6) is 0.167. The van der Waals surface area contributed by atoms with Gasteiger partial charge in [-0.05, 0) is 41.6 Å². The Morgan fingerprint density at radius 1 is 1.42 bits per heavy atom. The van der Waals surface area contributed by atoms with Crippen LogP contribution in [0.2, 0.25) is 5.02 Å². The van der Waals surface area contributed by atoms with Gasteiger partial charge >= 0.3 is 0 Å². The number of carbonyl (C=O) groups is 1. The number of benzene rings is 1. The lowest BCUT2D eigenvalue weighted by Gasteiger charge is -2.32. The number of thiophene rings is 1. The molecule has 2 aromatic rings. The molecule has 1 amide bonds. The third-order valence-corrected chi connectivity index (χ3v) is 5.64. The highest BCUT2D eigenvalue weighted by Crippen LogP contribution is 2.39. The van der Waals surface area contributed by atoms with Crippen LogP contribution in [0.1, 0.15) is 23.8 Å². The predicted octanol–water partition coefficient (Wildman–Crippen LogP) is 3.33. The summed E-state index contributed by atoms with van der Waals surface area (Å²) in [7, 11) is 1.62. The summed E-state index contributed by atoms with van der Waals surface area (Å²) < 4.78 is 0. The average molecular weight is 359 g/mol. The summed E-state index contributed by atoms with van der Waals surface area (Å²) in [5.41, 5.74) is 7.50. The second-order valence-corrected chi connectivity index (χ2v) is 7.20. The van der Waals surface area contributed by atoms with Gasteiger partial charge < -0.3 is 5.73 Å². The van der Waals surface area contributed by atoms with Gasteiger partial charge in [0, 0.05) is 11.9 Å². The van der Waals surface area contributed by atoms with Gasteiger partial charge in [0.25, 0.3) is 0 Å². The smallest absolute Gasteiger partial charge is 0.231 e. The van der Waals surface area contributed by atoms with Gasteiger partial charge in [0.15, 0.2) is 5.96 Å². The summed E-state index contributed by atoms with van der Waals surface area (Å²) >= 11 is 7.51. The van der Waals surface area contributed by atoms with E-state index in [-0.39, 0.29) is 18.3 Å². The SMILES string of the molecule is CN1C(=O)C[C@@](C)(c2cc(-c3ccc(Cl)c(C#N)c3)cs2)N=C1N. The molecule has 1 aliphatic heterocycles. The second-order valence-electron chi connectivity index (χ2n) is 5.88. The molecule has 24 heavy (non-hydrogen) atoms. The molecule has 5 nitrogen and oxygen atoms in total. The molecule has 0 unspecified atom stereocenters. The van der Waals surface area contributed by atoms with Crippen molar-refractivity contribution in [3.05, 3.63) is 45.1 Å². The van der Waals surface area contributed by atoms with E-state index >= 15 is 0 Å². The molecule has 122 valence electrons. The standard InChI is InChI=1S/C17H15ClN4OS/c1-17(7-15(23)22(2)16(20)21-17)14-6-12(9-24-14)10-3-4-13(18)11(5-10)8-19/h3-6,9H,7H2,1-2H3,(H2,20,21)/t17-/m0/s1. The van der Waals surface area contributed by atoms with E-state index in [9.17, 15) is 4.79 Å². The fourth-order valence-electron chi connectivity index (χ4n) is 2.61. The van der Waals surface area contributed by atoms with E-state index in [2.05, 4.69) is 11.1 Å². The molecule has 0 saturated carbocycles. The summed E-state index contributed by atoms with van der Waals surface area (Å²) in [6.07, 6.45) is 0.272. The Bertz CT molecular complexity index is 898. The van der Waals surface area contributed by atoms with E-state index in [1.807, 2.05) is 24.4 Å². The van der Waals surface area contributed by atoms with Crippen LogP contribution < -0.4 is 5.73 Å². The second kappa shape index (κ2) is 5.93. The van der Waals surface area contributed by atoms with Gasteiger partial charge in [0.1, 0.15) is 11.6 Å². The molecular formula is C17H15ClN4OS. The van der Waals surface area contributed by atoms with Crippen LogP contribution in [0.15, 0.2) is 34.6 Å². The van der Waals surface area contributed by atoms with E-state index in [0.717, 1.165) is 16.0 Å². The van der Waals surface area contributed by atoms with Gasteiger partial charge in [0.2, 0.25) is 5.91 Å². The van der Waals surface area contributed by atoms with Crippen molar-refractivity contribution in [2.24, 2.45) is 10.7 Å². The topological polar surface area (TPSA) is 82.5 Å². The maximum Gasteiger partial charge on any atom is 0.231 e. The van der Waals surface area contributed by atoms with Crippen molar-refractivity contribution in [1.82, 2.24) is 4.90 Å². The van der Waals surface area contributed by atoms with Crippen LogP contribution in [0.3, 0.4) is 0 Å². The fraction of sp³-hybridized carbons (Fsp3) is 0.235. The van der Waals surface area contributed by atoms with Gasteiger partial charge in [-0.15, -0.1) is 11.3 Å². The number of rotatable bonds is 2. The van der Waals surface area contributed by atoms with Crippen LogP contribution in [0.5, 0.6) is 0 Å². The number of guanidine groups is 1. The zero-order valence-corrected chi connectivity index (χ0v) is 14.8. The number of halogens is 1. The number of amides is 1. The van der Waals surface area contributed by atoms with Crippen molar-refractivity contribution in [2.45, 2.75) is 18.9 Å². The Kier molecular flexibility index (Phi) is 4.08. The molecule has 1 aliphatic rings. The minimum absolute atomic E-state index is 0.0572. The largest absolute Gasteiger partial charge is 0.369 e. The molecule has 0 aliphatic carbocycles. The van der Waals surface area contributed by atoms with Crippen LogP contribution >= 0.6 is 22.9 Å². The van der Waals surface area contributed by atoms with Gasteiger partial charge in [-0.1, -0.05) is 17.7 Å². The minimum Gasteiger partial charge on any atom is -0.369 e. The van der Waals surface area contributed by atoms with Crippen molar-refractivity contribution in [3.8, 4) is 17.2 Å². The quantitative estimate of drug-likeness (QED) is 0.893. The van der Waals surface area contributed by atoms with Crippen LogP contribution in [0.25, 0.3) is 11.1 Å². The molecule has 0 spiro atoms. The molecule has 7 heteroatoms. The highest BCUT2D eigenvalue weighted by Gasteiger charge is 2.37. The number of carbonyl (C=O) groups excluding carboxylic acids is 1. The first-order chi connectivity index (χ1) is 11.3. The molecular weight excluding hydrogens is 344 g/mol. The molecule has 0 saturated heterocycles.